The predicted molar refractivity (Wildman–Crippen MR) is 112 cm³/mol. The van der Waals surface area contributed by atoms with Crippen molar-refractivity contribution in [3.05, 3.63) is 70.3 Å². The van der Waals surface area contributed by atoms with E-state index < -0.39 is 10.0 Å². The number of sulfonamides is 1. The van der Waals surface area contributed by atoms with Gasteiger partial charge in [-0.2, -0.15) is 4.31 Å². The van der Waals surface area contributed by atoms with Gasteiger partial charge < -0.3 is 0 Å². The lowest BCUT2D eigenvalue weighted by Gasteiger charge is -2.34. The van der Waals surface area contributed by atoms with E-state index >= 15 is 0 Å². The third kappa shape index (κ3) is 3.75. The maximum Gasteiger partial charge on any atom is 0.245 e. The molecule has 0 spiro atoms. The van der Waals surface area contributed by atoms with Crippen LogP contribution in [0.15, 0.2) is 59.6 Å². The standard InChI is InChI=1S/C20H19Cl2N3O2S/c21-17-6-2-7-18(22)16(17)14-24-10-12-25(13-11-24)28(26,27)19-8-1-4-15-5-3-9-23-20(15)19/h1-9H,10-14H2. The van der Waals surface area contributed by atoms with Crippen molar-refractivity contribution in [1.29, 1.82) is 0 Å². The van der Waals surface area contributed by atoms with Gasteiger partial charge in [-0.25, -0.2) is 8.42 Å². The van der Waals surface area contributed by atoms with Crippen LogP contribution in [-0.4, -0.2) is 48.8 Å². The van der Waals surface area contributed by atoms with Crippen molar-refractivity contribution >= 4 is 44.1 Å². The van der Waals surface area contributed by atoms with Crippen LogP contribution in [0.2, 0.25) is 10.0 Å². The molecule has 4 rings (SSSR count). The lowest BCUT2D eigenvalue weighted by molar-refractivity contribution is 0.181. The second kappa shape index (κ2) is 7.97. The van der Waals surface area contributed by atoms with Gasteiger partial charge in [-0.15, -0.1) is 0 Å². The van der Waals surface area contributed by atoms with Crippen molar-refractivity contribution in [2.24, 2.45) is 0 Å². The van der Waals surface area contributed by atoms with Gasteiger partial charge in [-0.05, 0) is 24.3 Å². The van der Waals surface area contributed by atoms with Crippen LogP contribution in [0.4, 0.5) is 0 Å². The molecule has 0 atom stereocenters. The SMILES string of the molecule is O=S(=O)(c1cccc2cccnc12)N1CCN(Cc2c(Cl)cccc2Cl)CC1. The minimum Gasteiger partial charge on any atom is -0.296 e. The van der Waals surface area contributed by atoms with Gasteiger partial charge in [0.05, 0.1) is 5.52 Å². The molecule has 2 heterocycles. The zero-order chi connectivity index (χ0) is 19.7. The molecule has 1 aliphatic rings. The summed E-state index contributed by atoms with van der Waals surface area (Å²) in [6, 6.07) is 14.4. The summed E-state index contributed by atoms with van der Waals surface area (Å²) >= 11 is 12.5. The van der Waals surface area contributed by atoms with E-state index in [9.17, 15) is 8.42 Å². The minimum atomic E-state index is -3.61. The molecule has 0 saturated carbocycles. The zero-order valence-electron chi connectivity index (χ0n) is 15.1. The molecule has 1 fully saturated rings. The minimum absolute atomic E-state index is 0.258. The molecule has 0 amide bonds. The highest BCUT2D eigenvalue weighted by atomic mass is 35.5. The average Bonchev–Trinajstić information content (AvgIpc) is 2.71. The first kappa shape index (κ1) is 19.6. The molecular formula is C20H19Cl2N3O2S. The molecule has 0 bridgehead atoms. The fourth-order valence-corrected chi connectivity index (χ4v) is 5.56. The molecule has 0 radical (unpaired) electrons. The second-order valence-corrected chi connectivity index (χ2v) is 9.43. The summed E-state index contributed by atoms with van der Waals surface area (Å²) < 4.78 is 27.9. The molecule has 0 unspecified atom stereocenters. The van der Waals surface area contributed by atoms with Gasteiger partial charge in [-0.3, -0.25) is 9.88 Å². The van der Waals surface area contributed by atoms with Gasteiger partial charge in [0.1, 0.15) is 4.90 Å². The van der Waals surface area contributed by atoms with Gasteiger partial charge in [0.25, 0.3) is 0 Å². The number of piperazine rings is 1. The van der Waals surface area contributed by atoms with Crippen molar-refractivity contribution in [3.8, 4) is 0 Å². The highest BCUT2D eigenvalue weighted by Crippen LogP contribution is 2.28. The molecule has 3 aromatic rings. The number of hydrogen-bond acceptors (Lipinski definition) is 4. The van der Waals surface area contributed by atoms with Gasteiger partial charge in [0.2, 0.25) is 10.0 Å². The fourth-order valence-electron chi connectivity index (χ4n) is 3.46. The molecule has 8 heteroatoms. The number of halogens is 2. The number of rotatable bonds is 4. The number of aromatic nitrogens is 1. The lowest BCUT2D eigenvalue weighted by atomic mass is 10.2. The van der Waals surface area contributed by atoms with Crippen LogP contribution in [-0.2, 0) is 16.6 Å². The maximum atomic E-state index is 13.2. The van der Waals surface area contributed by atoms with Crippen LogP contribution in [0.25, 0.3) is 10.9 Å². The number of pyridine rings is 1. The van der Waals surface area contributed by atoms with E-state index in [2.05, 4.69) is 9.88 Å². The quantitative estimate of drug-likeness (QED) is 0.620. The van der Waals surface area contributed by atoms with Crippen LogP contribution >= 0.6 is 23.2 Å². The van der Waals surface area contributed by atoms with E-state index in [1.165, 1.54) is 4.31 Å². The highest BCUT2D eigenvalue weighted by Gasteiger charge is 2.30. The molecule has 0 aliphatic carbocycles. The highest BCUT2D eigenvalue weighted by molar-refractivity contribution is 7.89. The van der Waals surface area contributed by atoms with E-state index in [0.29, 0.717) is 48.3 Å². The van der Waals surface area contributed by atoms with Gasteiger partial charge in [0, 0.05) is 59.9 Å². The van der Waals surface area contributed by atoms with Crippen LogP contribution in [0.3, 0.4) is 0 Å². The summed E-state index contributed by atoms with van der Waals surface area (Å²) in [6.07, 6.45) is 1.62. The van der Waals surface area contributed by atoms with Crippen LogP contribution in [0.5, 0.6) is 0 Å². The number of benzene rings is 2. The van der Waals surface area contributed by atoms with Crippen molar-refractivity contribution < 1.29 is 8.42 Å². The normalized spacial score (nSPS) is 16.5. The van der Waals surface area contributed by atoms with Gasteiger partial charge in [0.15, 0.2) is 0 Å². The average molecular weight is 436 g/mol. The van der Waals surface area contributed by atoms with E-state index in [4.69, 9.17) is 23.2 Å². The summed E-state index contributed by atoms with van der Waals surface area (Å²) in [6.45, 7) is 2.64. The zero-order valence-corrected chi connectivity index (χ0v) is 17.4. The summed E-state index contributed by atoms with van der Waals surface area (Å²) in [5, 5.41) is 2.07. The first-order valence-electron chi connectivity index (χ1n) is 8.96. The Balaban J connectivity index is 1.51. The molecule has 0 N–H and O–H groups in total. The number of hydrogen-bond donors (Lipinski definition) is 0. The monoisotopic (exact) mass is 435 g/mol. The van der Waals surface area contributed by atoms with Crippen LogP contribution in [0.1, 0.15) is 5.56 Å². The first-order chi connectivity index (χ1) is 13.5. The number of para-hydroxylation sites is 1. The molecule has 1 saturated heterocycles. The summed E-state index contributed by atoms with van der Waals surface area (Å²) in [5.74, 6) is 0. The summed E-state index contributed by atoms with van der Waals surface area (Å²) in [4.78, 5) is 6.71. The van der Waals surface area contributed by atoms with E-state index in [-0.39, 0.29) is 4.90 Å². The van der Waals surface area contributed by atoms with Crippen molar-refractivity contribution in [3.63, 3.8) is 0 Å². The van der Waals surface area contributed by atoms with E-state index in [1.807, 2.05) is 30.3 Å². The first-order valence-corrected chi connectivity index (χ1v) is 11.2. The Morgan fingerprint density at radius 1 is 0.893 bits per heavy atom. The molecule has 146 valence electrons. The molecule has 28 heavy (non-hydrogen) atoms. The topological polar surface area (TPSA) is 53.5 Å². The Hall–Kier alpha value is -1.70. The summed E-state index contributed by atoms with van der Waals surface area (Å²) in [5.41, 5.74) is 1.38. The van der Waals surface area contributed by atoms with Gasteiger partial charge in [-0.1, -0.05) is 47.5 Å². The Labute approximate surface area is 174 Å². The van der Waals surface area contributed by atoms with E-state index in [1.54, 1.807) is 24.4 Å². The predicted octanol–water partition coefficient (Wildman–Crippen LogP) is 4.05. The van der Waals surface area contributed by atoms with Crippen molar-refractivity contribution in [2.75, 3.05) is 26.2 Å². The number of nitrogens with zero attached hydrogens (tertiary/aromatic N) is 3. The number of fused-ring (bicyclic) bond motifs is 1. The second-order valence-electron chi connectivity index (χ2n) is 6.71. The fraction of sp³-hybridized carbons (Fsp3) is 0.250. The molecule has 1 aromatic heterocycles. The molecule has 5 nitrogen and oxygen atoms in total. The third-order valence-electron chi connectivity index (χ3n) is 4.99. The van der Waals surface area contributed by atoms with Gasteiger partial charge >= 0.3 is 0 Å². The Morgan fingerprint density at radius 3 is 2.25 bits per heavy atom. The molecular weight excluding hydrogens is 417 g/mol. The van der Waals surface area contributed by atoms with Crippen molar-refractivity contribution in [2.45, 2.75) is 11.4 Å². The Bertz CT molecular complexity index is 1090. The summed E-state index contributed by atoms with van der Waals surface area (Å²) in [7, 11) is -3.61. The lowest BCUT2D eigenvalue weighted by Crippen LogP contribution is -2.48. The third-order valence-corrected chi connectivity index (χ3v) is 7.63. The Kier molecular flexibility index (Phi) is 5.58. The molecule has 1 aliphatic heterocycles. The largest absolute Gasteiger partial charge is 0.296 e. The smallest absolute Gasteiger partial charge is 0.245 e. The van der Waals surface area contributed by atoms with Crippen molar-refractivity contribution in [1.82, 2.24) is 14.2 Å². The molecule has 2 aromatic carbocycles. The maximum absolute atomic E-state index is 13.2. The van der Waals surface area contributed by atoms with E-state index in [0.717, 1.165) is 10.9 Å². The van der Waals surface area contributed by atoms with Crippen LogP contribution < -0.4 is 0 Å². The van der Waals surface area contributed by atoms with Crippen LogP contribution in [0, 0.1) is 0 Å². The Morgan fingerprint density at radius 2 is 1.54 bits per heavy atom.